The fraction of sp³-hybridized carbons (Fsp3) is 0.250. The van der Waals surface area contributed by atoms with E-state index in [-0.39, 0.29) is 21.7 Å². The van der Waals surface area contributed by atoms with Crippen LogP contribution >= 0.6 is 11.9 Å². The molecule has 1 aromatic carbocycles. The van der Waals surface area contributed by atoms with E-state index in [4.69, 9.17) is 10.1 Å². The molecule has 0 bridgehead atoms. The van der Waals surface area contributed by atoms with Crippen molar-refractivity contribution in [3.8, 4) is 5.75 Å². The summed E-state index contributed by atoms with van der Waals surface area (Å²) in [5.74, 6) is -0.211. The number of carbonyl (C=O) groups is 1. The van der Waals surface area contributed by atoms with E-state index in [2.05, 4.69) is 9.39 Å². The summed E-state index contributed by atoms with van der Waals surface area (Å²) >= 11 is 0.779. The van der Waals surface area contributed by atoms with E-state index in [0.717, 1.165) is 16.8 Å². The van der Waals surface area contributed by atoms with Gasteiger partial charge in [0.25, 0.3) is 5.91 Å². The lowest BCUT2D eigenvalue weighted by Gasteiger charge is -2.25. The van der Waals surface area contributed by atoms with Crippen LogP contribution in [0.15, 0.2) is 39.2 Å². The second kappa shape index (κ2) is 6.69. The number of aliphatic imine (C=N–C) groups is 1. The maximum atomic E-state index is 12.5. The zero-order valence-corrected chi connectivity index (χ0v) is 15.9. The van der Waals surface area contributed by atoms with Crippen molar-refractivity contribution in [2.24, 2.45) is 9.39 Å². The van der Waals surface area contributed by atoms with Crippen molar-refractivity contribution in [2.45, 2.75) is 19.1 Å². The Morgan fingerprint density at radius 3 is 2.50 bits per heavy atom. The SMILES string of the molecule is COc1ccc(/C=C2/C(=N)N3C(=NC2=O)SN=C3S(=O)(=O)C(C)C)cc1. The third kappa shape index (κ3) is 3.06. The van der Waals surface area contributed by atoms with Crippen molar-refractivity contribution in [3.05, 3.63) is 35.4 Å². The highest BCUT2D eigenvalue weighted by Gasteiger charge is 2.43. The van der Waals surface area contributed by atoms with E-state index in [1.807, 2.05) is 0 Å². The minimum absolute atomic E-state index is 0.00641. The van der Waals surface area contributed by atoms with Crippen LogP contribution in [0.3, 0.4) is 0 Å². The van der Waals surface area contributed by atoms with Crippen LogP contribution < -0.4 is 4.74 Å². The number of methoxy groups -OCH3 is 1. The second-order valence-electron chi connectivity index (χ2n) is 5.77. The molecule has 26 heavy (non-hydrogen) atoms. The van der Waals surface area contributed by atoms with Gasteiger partial charge < -0.3 is 4.74 Å². The van der Waals surface area contributed by atoms with E-state index in [9.17, 15) is 13.2 Å². The molecule has 10 heteroatoms. The van der Waals surface area contributed by atoms with Gasteiger partial charge in [0.2, 0.25) is 20.2 Å². The highest BCUT2D eigenvalue weighted by molar-refractivity contribution is 8.16. The number of amidine groups is 3. The first-order chi connectivity index (χ1) is 12.3. The van der Waals surface area contributed by atoms with Gasteiger partial charge in [0.15, 0.2) is 0 Å². The monoisotopic (exact) mass is 392 g/mol. The van der Waals surface area contributed by atoms with Gasteiger partial charge in [-0.25, -0.2) is 13.3 Å². The number of ether oxygens (including phenoxy) is 1. The topological polar surface area (TPSA) is 112 Å². The third-order valence-electron chi connectivity index (χ3n) is 3.80. The van der Waals surface area contributed by atoms with Crippen LogP contribution in [0.2, 0.25) is 0 Å². The van der Waals surface area contributed by atoms with Crippen molar-refractivity contribution in [2.75, 3.05) is 7.11 Å². The molecular formula is C16H16N4O4S2. The summed E-state index contributed by atoms with van der Waals surface area (Å²) in [5, 5.41) is 7.45. The third-order valence-corrected chi connectivity index (χ3v) is 6.64. The van der Waals surface area contributed by atoms with E-state index in [1.54, 1.807) is 31.4 Å². The number of sulfone groups is 1. The van der Waals surface area contributed by atoms with E-state index in [0.29, 0.717) is 11.3 Å². The molecule has 0 radical (unpaired) electrons. The molecule has 0 fully saturated rings. The summed E-state index contributed by atoms with van der Waals surface area (Å²) in [6.45, 7) is 3.06. The van der Waals surface area contributed by atoms with Gasteiger partial charge in [-0.3, -0.25) is 10.2 Å². The number of benzene rings is 1. The summed E-state index contributed by atoms with van der Waals surface area (Å²) in [6.07, 6.45) is 1.49. The number of carbonyl (C=O) groups excluding carboxylic acids is 1. The fourth-order valence-electron chi connectivity index (χ4n) is 2.26. The number of amides is 1. The van der Waals surface area contributed by atoms with Gasteiger partial charge in [-0.1, -0.05) is 12.1 Å². The Hall–Kier alpha value is -2.46. The van der Waals surface area contributed by atoms with Crippen LogP contribution in [0, 0.1) is 5.41 Å². The van der Waals surface area contributed by atoms with Crippen LogP contribution in [0.4, 0.5) is 0 Å². The Morgan fingerprint density at radius 2 is 1.92 bits per heavy atom. The molecule has 0 spiro atoms. The molecule has 0 saturated heterocycles. The van der Waals surface area contributed by atoms with E-state index >= 15 is 0 Å². The maximum absolute atomic E-state index is 12.5. The molecule has 2 aliphatic heterocycles. The smallest absolute Gasteiger partial charge is 0.283 e. The van der Waals surface area contributed by atoms with Crippen molar-refractivity contribution in [3.63, 3.8) is 0 Å². The molecule has 0 unspecified atom stereocenters. The van der Waals surface area contributed by atoms with Crippen molar-refractivity contribution >= 4 is 49.9 Å². The van der Waals surface area contributed by atoms with Gasteiger partial charge in [0.05, 0.1) is 29.9 Å². The highest BCUT2D eigenvalue weighted by atomic mass is 32.2. The molecule has 0 atom stereocenters. The number of rotatable bonds is 3. The molecule has 8 nitrogen and oxygen atoms in total. The van der Waals surface area contributed by atoms with Gasteiger partial charge in [0.1, 0.15) is 11.6 Å². The lowest BCUT2D eigenvalue weighted by atomic mass is 10.1. The molecule has 0 aromatic heterocycles. The lowest BCUT2D eigenvalue weighted by Crippen LogP contribution is -2.46. The molecule has 3 rings (SSSR count). The zero-order valence-electron chi connectivity index (χ0n) is 14.3. The van der Waals surface area contributed by atoms with Crippen LogP contribution in [-0.2, 0) is 14.6 Å². The first-order valence-corrected chi connectivity index (χ1v) is 9.94. The minimum Gasteiger partial charge on any atom is -0.497 e. The molecule has 0 saturated carbocycles. The average molecular weight is 392 g/mol. The zero-order chi connectivity index (χ0) is 19.1. The highest BCUT2D eigenvalue weighted by Crippen LogP contribution is 2.31. The number of hydrogen-bond acceptors (Lipinski definition) is 7. The largest absolute Gasteiger partial charge is 0.497 e. The summed E-state index contributed by atoms with van der Waals surface area (Å²) in [6, 6.07) is 6.90. The Morgan fingerprint density at radius 1 is 1.27 bits per heavy atom. The fourth-order valence-corrected chi connectivity index (χ4v) is 4.32. The Kier molecular flexibility index (Phi) is 4.72. The molecule has 136 valence electrons. The molecule has 0 aliphatic carbocycles. The minimum atomic E-state index is -3.72. The Balaban J connectivity index is 2.01. The van der Waals surface area contributed by atoms with Gasteiger partial charge in [-0.15, -0.1) is 0 Å². The van der Waals surface area contributed by atoms with Crippen molar-refractivity contribution in [1.29, 1.82) is 5.41 Å². The van der Waals surface area contributed by atoms with Crippen molar-refractivity contribution < 1.29 is 17.9 Å². The second-order valence-corrected chi connectivity index (χ2v) is 8.90. The number of hydrogen-bond donors (Lipinski definition) is 1. The summed E-state index contributed by atoms with van der Waals surface area (Å²) < 4.78 is 34.0. The summed E-state index contributed by atoms with van der Waals surface area (Å²) in [4.78, 5) is 17.3. The normalized spacial score (nSPS) is 18.9. The standard InChI is InChI=1S/C16H16N4O4S2/c1-9(2)26(22,23)16-19-25-15-18-14(21)12(13(17)20(15)16)8-10-4-6-11(24-3)7-5-10/h4-9,17H,1-3H3/b12-8-,17-13?. The Bertz CT molecular complexity index is 976. The lowest BCUT2D eigenvalue weighted by molar-refractivity contribution is -0.114. The molecular weight excluding hydrogens is 376 g/mol. The quantitative estimate of drug-likeness (QED) is 0.623. The summed E-state index contributed by atoms with van der Waals surface area (Å²) in [7, 11) is -2.18. The maximum Gasteiger partial charge on any atom is 0.283 e. The predicted octanol–water partition coefficient (Wildman–Crippen LogP) is 2.10. The molecule has 1 N–H and O–H groups in total. The average Bonchev–Trinajstić information content (AvgIpc) is 3.03. The Labute approximate surface area is 155 Å². The van der Waals surface area contributed by atoms with Crippen LogP contribution in [0.25, 0.3) is 6.08 Å². The molecule has 2 aliphatic rings. The van der Waals surface area contributed by atoms with Gasteiger partial charge in [-0.05, 0) is 37.6 Å². The molecule has 2 heterocycles. The van der Waals surface area contributed by atoms with E-state index < -0.39 is 21.0 Å². The van der Waals surface area contributed by atoms with Gasteiger partial charge in [-0.2, -0.15) is 9.39 Å². The molecule has 1 amide bonds. The van der Waals surface area contributed by atoms with Gasteiger partial charge >= 0.3 is 0 Å². The number of nitrogens with zero attached hydrogens (tertiary/aromatic N) is 3. The number of nitrogens with one attached hydrogen (secondary N) is 1. The summed E-state index contributed by atoms with van der Waals surface area (Å²) in [5.41, 5.74) is 0.655. The van der Waals surface area contributed by atoms with Gasteiger partial charge in [0, 0.05) is 0 Å². The van der Waals surface area contributed by atoms with Crippen molar-refractivity contribution in [1.82, 2.24) is 4.90 Å². The first kappa shape index (κ1) is 18.3. The first-order valence-electron chi connectivity index (χ1n) is 7.62. The molecule has 1 aromatic rings. The predicted molar refractivity (Wildman–Crippen MR) is 102 cm³/mol. The van der Waals surface area contributed by atoms with E-state index in [1.165, 1.54) is 19.9 Å². The number of fused-ring (bicyclic) bond motifs is 1. The van der Waals surface area contributed by atoms with Crippen LogP contribution in [0.1, 0.15) is 19.4 Å². The van der Waals surface area contributed by atoms with Crippen LogP contribution in [0.5, 0.6) is 5.75 Å². The van der Waals surface area contributed by atoms with Crippen LogP contribution in [-0.4, -0.2) is 47.8 Å².